The van der Waals surface area contributed by atoms with Gasteiger partial charge >= 0.3 is 7.12 Å². The van der Waals surface area contributed by atoms with Crippen LogP contribution in [0.5, 0.6) is 0 Å². The molecule has 0 bridgehead atoms. The van der Waals surface area contributed by atoms with Gasteiger partial charge in [-0.3, -0.25) is 0 Å². The molecule has 13 heavy (non-hydrogen) atoms. The third kappa shape index (κ3) is 2.54. The summed E-state index contributed by atoms with van der Waals surface area (Å²) in [6, 6.07) is 5.44. The molecule has 0 spiro atoms. The molecule has 0 heterocycles. The molecular formula is C8H7BFNO2. The normalized spacial score (nSPS) is 9.38. The van der Waals surface area contributed by atoms with Crippen molar-refractivity contribution in [2.45, 2.75) is 6.42 Å². The summed E-state index contributed by atoms with van der Waals surface area (Å²) in [5.41, 5.74) is 0.496. The first-order valence-corrected chi connectivity index (χ1v) is 3.66. The van der Waals surface area contributed by atoms with Crippen LogP contribution in [0, 0.1) is 17.1 Å². The van der Waals surface area contributed by atoms with E-state index in [2.05, 4.69) is 0 Å². The van der Waals surface area contributed by atoms with Crippen molar-refractivity contribution in [2.75, 3.05) is 0 Å². The summed E-state index contributed by atoms with van der Waals surface area (Å²) in [6.07, 6.45) is 0.0531. The van der Waals surface area contributed by atoms with E-state index in [4.69, 9.17) is 15.3 Å². The molecular weight excluding hydrogens is 172 g/mol. The molecule has 0 aliphatic carbocycles. The molecule has 66 valence electrons. The second kappa shape index (κ2) is 4.03. The first-order chi connectivity index (χ1) is 6.13. The van der Waals surface area contributed by atoms with Gasteiger partial charge in [-0.1, -0.05) is 6.07 Å². The first kappa shape index (κ1) is 9.71. The smallest absolute Gasteiger partial charge is 0.423 e. The zero-order chi connectivity index (χ0) is 9.84. The third-order valence-electron chi connectivity index (χ3n) is 1.56. The van der Waals surface area contributed by atoms with Crippen molar-refractivity contribution >= 4 is 12.6 Å². The van der Waals surface area contributed by atoms with E-state index in [1.807, 2.05) is 6.07 Å². The molecule has 0 amide bonds. The van der Waals surface area contributed by atoms with Gasteiger partial charge in [0.15, 0.2) is 0 Å². The predicted octanol–water partition coefficient (Wildman–Crippen LogP) is -0.428. The molecule has 0 radical (unpaired) electrons. The number of hydrogen-bond donors (Lipinski definition) is 2. The number of nitriles is 1. The molecule has 0 aliphatic heterocycles. The van der Waals surface area contributed by atoms with Crippen LogP contribution >= 0.6 is 0 Å². The standard InChI is InChI=1S/C8H7BFNO2/c10-8-4-6(1-2-11)3-7(5-8)9(12)13/h3-5,12-13H,1H2. The minimum Gasteiger partial charge on any atom is -0.423 e. The van der Waals surface area contributed by atoms with Crippen molar-refractivity contribution in [3.8, 4) is 6.07 Å². The Morgan fingerprint density at radius 3 is 2.62 bits per heavy atom. The predicted molar refractivity (Wildman–Crippen MR) is 45.5 cm³/mol. The Balaban J connectivity index is 3.05. The Bertz CT molecular complexity index is 348. The molecule has 2 N–H and O–H groups in total. The second-order valence-corrected chi connectivity index (χ2v) is 2.60. The zero-order valence-corrected chi connectivity index (χ0v) is 6.74. The fourth-order valence-corrected chi connectivity index (χ4v) is 1.02. The Kier molecular flexibility index (Phi) is 3.01. The summed E-state index contributed by atoms with van der Waals surface area (Å²) < 4.78 is 12.8. The van der Waals surface area contributed by atoms with Crippen molar-refractivity contribution in [2.24, 2.45) is 0 Å². The fourth-order valence-electron chi connectivity index (χ4n) is 1.02. The van der Waals surface area contributed by atoms with E-state index in [-0.39, 0.29) is 11.9 Å². The van der Waals surface area contributed by atoms with Crippen molar-refractivity contribution in [1.29, 1.82) is 5.26 Å². The van der Waals surface area contributed by atoms with E-state index >= 15 is 0 Å². The largest absolute Gasteiger partial charge is 0.488 e. The SMILES string of the molecule is N#CCc1cc(F)cc(B(O)O)c1. The van der Waals surface area contributed by atoms with Crippen LogP contribution in [0.1, 0.15) is 5.56 Å². The lowest BCUT2D eigenvalue weighted by molar-refractivity contribution is 0.425. The fraction of sp³-hybridized carbons (Fsp3) is 0.125. The number of hydrogen-bond acceptors (Lipinski definition) is 3. The number of rotatable bonds is 2. The minimum atomic E-state index is -1.70. The van der Waals surface area contributed by atoms with E-state index in [9.17, 15) is 4.39 Å². The minimum absolute atomic E-state index is 0.0531. The zero-order valence-electron chi connectivity index (χ0n) is 6.74. The van der Waals surface area contributed by atoms with Crippen LogP contribution in [0.2, 0.25) is 0 Å². The van der Waals surface area contributed by atoms with E-state index < -0.39 is 12.9 Å². The molecule has 5 heteroatoms. The number of benzene rings is 1. The van der Waals surface area contributed by atoms with Gasteiger partial charge in [0.25, 0.3) is 0 Å². The van der Waals surface area contributed by atoms with Gasteiger partial charge in [0.1, 0.15) is 5.82 Å². The summed E-state index contributed by atoms with van der Waals surface area (Å²) in [5.74, 6) is -0.573. The Morgan fingerprint density at radius 1 is 1.38 bits per heavy atom. The van der Waals surface area contributed by atoms with Gasteiger partial charge in [-0.15, -0.1) is 0 Å². The molecule has 0 saturated heterocycles. The highest BCUT2D eigenvalue weighted by Gasteiger charge is 2.12. The van der Waals surface area contributed by atoms with Gasteiger partial charge in [-0.2, -0.15) is 5.26 Å². The van der Waals surface area contributed by atoms with Crippen LogP contribution in [-0.2, 0) is 6.42 Å². The van der Waals surface area contributed by atoms with Crippen molar-refractivity contribution in [3.05, 3.63) is 29.6 Å². The lowest BCUT2D eigenvalue weighted by Gasteiger charge is -2.01. The van der Waals surface area contributed by atoms with Gasteiger partial charge in [0.2, 0.25) is 0 Å². The summed E-state index contributed by atoms with van der Waals surface area (Å²) in [6.45, 7) is 0. The van der Waals surface area contributed by atoms with Crippen molar-refractivity contribution < 1.29 is 14.4 Å². The van der Waals surface area contributed by atoms with E-state index in [0.29, 0.717) is 5.56 Å². The van der Waals surface area contributed by atoms with Crippen LogP contribution in [0.15, 0.2) is 18.2 Å². The number of halogens is 1. The molecule has 1 rings (SSSR count). The summed E-state index contributed by atoms with van der Waals surface area (Å²) in [4.78, 5) is 0. The maximum atomic E-state index is 12.8. The topological polar surface area (TPSA) is 64.2 Å². The van der Waals surface area contributed by atoms with Crippen molar-refractivity contribution in [1.82, 2.24) is 0 Å². The quantitative estimate of drug-likeness (QED) is 0.605. The van der Waals surface area contributed by atoms with Crippen LogP contribution in [0.3, 0.4) is 0 Å². The Labute approximate surface area is 75.2 Å². The highest BCUT2D eigenvalue weighted by atomic mass is 19.1. The third-order valence-corrected chi connectivity index (χ3v) is 1.56. The van der Waals surface area contributed by atoms with Crippen LogP contribution in [0.25, 0.3) is 0 Å². The van der Waals surface area contributed by atoms with E-state index in [1.54, 1.807) is 0 Å². The summed E-state index contributed by atoms with van der Waals surface area (Å²) in [5, 5.41) is 25.8. The van der Waals surface area contributed by atoms with Gasteiger partial charge in [0, 0.05) is 0 Å². The molecule has 1 aromatic rings. The lowest BCUT2D eigenvalue weighted by atomic mass is 9.79. The molecule has 1 aromatic carbocycles. The summed E-state index contributed by atoms with van der Waals surface area (Å²) in [7, 11) is -1.70. The van der Waals surface area contributed by atoms with Gasteiger partial charge in [-0.05, 0) is 23.2 Å². The molecule has 0 aromatic heterocycles. The maximum Gasteiger partial charge on any atom is 0.488 e. The number of nitrogens with zero attached hydrogens (tertiary/aromatic N) is 1. The van der Waals surface area contributed by atoms with Crippen LogP contribution in [-0.4, -0.2) is 17.2 Å². The van der Waals surface area contributed by atoms with Gasteiger partial charge in [-0.25, -0.2) is 4.39 Å². The molecule has 0 aliphatic rings. The molecule has 0 atom stereocenters. The lowest BCUT2D eigenvalue weighted by Crippen LogP contribution is -2.30. The second-order valence-electron chi connectivity index (χ2n) is 2.60. The highest BCUT2D eigenvalue weighted by Crippen LogP contribution is 2.02. The molecule has 0 saturated carbocycles. The summed E-state index contributed by atoms with van der Waals surface area (Å²) >= 11 is 0. The van der Waals surface area contributed by atoms with Crippen molar-refractivity contribution in [3.63, 3.8) is 0 Å². The molecule has 3 nitrogen and oxygen atoms in total. The van der Waals surface area contributed by atoms with Crippen LogP contribution in [0.4, 0.5) is 4.39 Å². The van der Waals surface area contributed by atoms with Crippen LogP contribution < -0.4 is 5.46 Å². The van der Waals surface area contributed by atoms with E-state index in [0.717, 1.165) is 6.07 Å². The highest BCUT2D eigenvalue weighted by molar-refractivity contribution is 6.58. The monoisotopic (exact) mass is 179 g/mol. The average molecular weight is 179 g/mol. The van der Waals surface area contributed by atoms with Gasteiger partial charge in [0.05, 0.1) is 12.5 Å². The Morgan fingerprint density at radius 2 is 2.08 bits per heavy atom. The average Bonchev–Trinajstić information content (AvgIpc) is 2.03. The first-order valence-electron chi connectivity index (χ1n) is 3.66. The maximum absolute atomic E-state index is 12.8. The van der Waals surface area contributed by atoms with E-state index in [1.165, 1.54) is 12.1 Å². The van der Waals surface area contributed by atoms with Gasteiger partial charge < -0.3 is 10.0 Å². The molecule has 0 fully saturated rings. The Hall–Kier alpha value is -1.38. The molecule has 0 unspecified atom stereocenters.